The number of carbonyl (C=O) groups is 1. The van der Waals surface area contributed by atoms with Gasteiger partial charge in [-0.25, -0.2) is 0 Å². The highest BCUT2D eigenvalue weighted by Gasteiger charge is 2.09. The van der Waals surface area contributed by atoms with Gasteiger partial charge in [0, 0.05) is 35.6 Å². The van der Waals surface area contributed by atoms with Gasteiger partial charge in [-0.05, 0) is 74.3 Å². The number of nitrogens with one attached hydrogen (secondary N) is 2. The fourth-order valence-corrected chi connectivity index (χ4v) is 3.31. The maximum Gasteiger partial charge on any atom is 0.255 e. The standard InChI is InChI=1S/C22H25ClN4O/c1-15-21(16(2)27(3)26-15)11-12-24-14-17-5-4-6-20(13-17)25-22(28)18-7-9-19(23)10-8-18/h4-10,13,24H,11-12,14H2,1-3H3,(H,25,28). The number of hydrogen-bond donors (Lipinski definition) is 2. The molecule has 0 atom stereocenters. The quantitative estimate of drug-likeness (QED) is 0.586. The van der Waals surface area contributed by atoms with Crippen LogP contribution in [0.4, 0.5) is 5.69 Å². The van der Waals surface area contributed by atoms with Crippen LogP contribution in [0.15, 0.2) is 48.5 Å². The third-order valence-electron chi connectivity index (χ3n) is 4.83. The summed E-state index contributed by atoms with van der Waals surface area (Å²) in [6.07, 6.45) is 0.943. The zero-order valence-electron chi connectivity index (χ0n) is 16.4. The molecule has 28 heavy (non-hydrogen) atoms. The van der Waals surface area contributed by atoms with Gasteiger partial charge in [0.2, 0.25) is 0 Å². The van der Waals surface area contributed by atoms with E-state index in [-0.39, 0.29) is 5.91 Å². The second-order valence-electron chi connectivity index (χ2n) is 6.86. The molecule has 1 heterocycles. The molecule has 0 aliphatic heterocycles. The van der Waals surface area contributed by atoms with Crippen molar-refractivity contribution in [3.05, 3.63) is 81.6 Å². The van der Waals surface area contributed by atoms with Crippen molar-refractivity contribution >= 4 is 23.2 Å². The van der Waals surface area contributed by atoms with Crippen molar-refractivity contribution in [1.82, 2.24) is 15.1 Å². The van der Waals surface area contributed by atoms with Gasteiger partial charge in [-0.1, -0.05) is 23.7 Å². The number of carbonyl (C=O) groups excluding carboxylic acids is 1. The van der Waals surface area contributed by atoms with Gasteiger partial charge in [0.1, 0.15) is 0 Å². The number of nitrogens with zero attached hydrogens (tertiary/aromatic N) is 2. The Morgan fingerprint density at radius 2 is 1.89 bits per heavy atom. The molecule has 0 saturated carbocycles. The van der Waals surface area contributed by atoms with Crippen LogP contribution in [0.2, 0.25) is 5.02 Å². The molecule has 146 valence electrons. The highest BCUT2D eigenvalue weighted by Crippen LogP contribution is 2.15. The van der Waals surface area contributed by atoms with Gasteiger partial charge in [0.05, 0.1) is 5.69 Å². The molecule has 0 radical (unpaired) electrons. The Bertz CT molecular complexity index is 963. The number of aryl methyl sites for hydroxylation is 2. The first kappa shape index (κ1) is 20.1. The summed E-state index contributed by atoms with van der Waals surface area (Å²) in [6, 6.07) is 14.7. The molecule has 2 aromatic carbocycles. The van der Waals surface area contributed by atoms with E-state index in [4.69, 9.17) is 11.6 Å². The number of rotatable bonds is 7. The van der Waals surface area contributed by atoms with E-state index in [1.165, 1.54) is 11.3 Å². The van der Waals surface area contributed by atoms with Gasteiger partial charge in [0.25, 0.3) is 5.91 Å². The third-order valence-corrected chi connectivity index (χ3v) is 5.08. The van der Waals surface area contributed by atoms with Gasteiger partial charge in [-0.15, -0.1) is 0 Å². The van der Waals surface area contributed by atoms with Crippen LogP contribution >= 0.6 is 11.6 Å². The second-order valence-corrected chi connectivity index (χ2v) is 7.30. The number of aromatic nitrogens is 2. The summed E-state index contributed by atoms with van der Waals surface area (Å²) < 4.78 is 1.93. The number of benzene rings is 2. The lowest BCUT2D eigenvalue weighted by atomic mass is 10.1. The molecule has 0 spiro atoms. The Balaban J connectivity index is 1.53. The van der Waals surface area contributed by atoms with Crippen LogP contribution in [0.3, 0.4) is 0 Å². The predicted molar refractivity (Wildman–Crippen MR) is 114 cm³/mol. The fraction of sp³-hybridized carbons (Fsp3) is 0.273. The Morgan fingerprint density at radius 3 is 2.57 bits per heavy atom. The molecule has 0 fully saturated rings. The van der Waals surface area contributed by atoms with Crippen LogP contribution in [0.1, 0.15) is 32.9 Å². The first-order valence-electron chi connectivity index (χ1n) is 9.29. The zero-order chi connectivity index (χ0) is 20.1. The van der Waals surface area contributed by atoms with Crippen LogP contribution < -0.4 is 10.6 Å². The first-order valence-corrected chi connectivity index (χ1v) is 9.67. The minimum Gasteiger partial charge on any atom is -0.322 e. The minimum atomic E-state index is -0.149. The summed E-state index contributed by atoms with van der Waals surface area (Å²) in [6.45, 7) is 5.76. The predicted octanol–water partition coefficient (Wildman–Crippen LogP) is 4.27. The molecule has 5 nitrogen and oxygen atoms in total. The lowest BCUT2D eigenvalue weighted by Crippen LogP contribution is -2.17. The molecule has 3 aromatic rings. The minimum absolute atomic E-state index is 0.149. The third kappa shape index (κ3) is 5.00. The molecule has 1 amide bonds. The molecule has 0 saturated heterocycles. The van der Waals surface area contributed by atoms with Crippen molar-refractivity contribution in [2.75, 3.05) is 11.9 Å². The van der Waals surface area contributed by atoms with Gasteiger partial charge >= 0.3 is 0 Å². The second kappa shape index (κ2) is 9.04. The van der Waals surface area contributed by atoms with Crippen molar-refractivity contribution in [2.24, 2.45) is 7.05 Å². The number of halogens is 1. The molecule has 0 bridgehead atoms. The van der Waals surface area contributed by atoms with Crippen LogP contribution in [-0.2, 0) is 20.0 Å². The molecule has 1 aromatic heterocycles. The van der Waals surface area contributed by atoms with Crippen LogP contribution in [0, 0.1) is 13.8 Å². The van der Waals surface area contributed by atoms with Crippen LogP contribution in [-0.4, -0.2) is 22.2 Å². The fourth-order valence-electron chi connectivity index (χ4n) is 3.19. The average molecular weight is 397 g/mol. The molecular weight excluding hydrogens is 372 g/mol. The summed E-state index contributed by atoms with van der Waals surface area (Å²) in [4.78, 5) is 12.3. The van der Waals surface area contributed by atoms with Crippen molar-refractivity contribution in [3.8, 4) is 0 Å². The number of amides is 1. The van der Waals surface area contributed by atoms with Crippen molar-refractivity contribution in [3.63, 3.8) is 0 Å². The lowest BCUT2D eigenvalue weighted by Gasteiger charge is -2.09. The summed E-state index contributed by atoms with van der Waals surface area (Å²) in [7, 11) is 1.98. The molecule has 3 rings (SSSR count). The molecular formula is C22H25ClN4O. The van der Waals surface area contributed by atoms with E-state index in [9.17, 15) is 4.79 Å². The smallest absolute Gasteiger partial charge is 0.255 e. The average Bonchev–Trinajstić information content (AvgIpc) is 2.91. The summed E-state index contributed by atoms with van der Waals surface area (Å²) in [5, 5.41) is 11.5. The zero-order valence-corrected chi connectivity index (χ0v) is 17.2. The summed E-state index contributed by atoms with van der Waals surface area (Å²) in [5.74, 6) is -0.149. The molecule has 2 N–H and O–H groups in total. The van der Waals surface area contributed by atoms with Crippen molar-refractivity contribution in [1.29, 1.82) is 0 Å². The Labute approximate surface area is 170 Å². The van der Waals surface area contributed by atoms with E-state index in [1.807, 2.05) is 36.0 Å². The van der Waals surface area contributed by atoms with Gasteiger partial charge in [0.15, 0.2) is 0 Å². The van der Waals surface area contributed by atoms with Gasteiger partial charge in [-0.2, -0.15) is 5.10 Å². The topological polar surface area (TPSA) is 59.0 Å². The highest BCUT2D eigenvalue weighted by molar-refractivity contribution is 6.30. The highest BCUT2D eigenvalue weighted by atomic mass is 35.5. The van der Waals surface area contributed by atoms with Crippen molar-refractivity contribution < 1.29 is 4.79 Å². The Morgan fingerprint density at radius 1 is 1.14 bits per heavy atom. The number of anilines is 1. The molecule has 0 aliphatic rings. The Kier molecular flexibility index (Phi) is 6.49. The van der Waals surface area contributed by atoms with Gasteiger partial charge < -0.3 is 10.6 Å². The van der Waals surface area contributed by atoms with Crippen molar-refractivity contribution in [2.45, 2.75) is 26.8 Å². The van der Waals surface area contributed by atoms with E-state index in [0.717, 1.165) is 36.5 Å². The van der Waals surface area contributed by atoms with Crippen LogP contribution in [0.5, 0.6) is 0 Å². The SMILES string of the molecule is Cc1nn(C)c(C)c1CCNCc1cccc(NC(=O)c2ccc(Cl)cc2)c1. The van der Waals surface area contributed by atoms with Gasteiger partial charge in [-0.3, -0.25) is 9.48 Å². The lowest BCUT2D eigenvalue weighted by molar-refractivity contribution is 0.102. The van der Waals surface area contributed by atoms with Crippen LogP contribution in [0.25, 0.3) is 0 Å². The monoisotopic (exact) mass is 396 g/mol. The molecule has 6 heteroatoms. The largest absolute Gasteiger partial charge is 0.322 e. The first-order chi connectivity index (χ1) is 13.4. The van der Waals surface area contributed by atoms with E-state index in [1.54, 1.807) is 24.3 Å². The normalized spacial score (nSPS) is 10.9. The van der Waals surface area contributed by atoms with E-state index in [0.29, 0.717) is 10.6 Å². The summed E-state index contributed by atoms with van der Waals surface area (Å²) >= 11 is 5.87. The van der Waals surface area contributed by atoms with E-state index >= 15 is 0 Å². The Hall–Kier alpha value is -2.63. The number of hydrogen-bond acceptors (Lipinski definition) is 3. The maximum atomic E-state index is 12.3. The molecule has 0 aliphatic carbocycles. The molecule has 0 unspecified atom stereocenters. The maximum absolute atomic E-state index is 12.3. The van der Waals surface area contributed by atoms with E-state index < -0.39 is 0 Å². The van der Waals surface area contributed by atoms with E-state index in [2.05, 4.69) is 29.6 Å². The summed E-state index contributed by atoms with van der Waals surface area (Å²) in [5.41, 5.74) is 6.08.